The summed E-state index contributed by atoms with van der Waals surface area (Å²) in [7, 11) is 1.55. The number of hydrogen-bond donors (Lipinski definition) is 2. The summed E-state index contributed by atoms with van der Waals surface area (Å²) < 4.78 is 20.0. The summed E-state index contributed by atoms with van der Waals surface area (Å²) in [5, 5.41) is 14.5. The molecule has 41 heavy (non-hydrogen) atoms. The predicted molar refractivity (Wildman–Crippen MR) is 152 cm³/mol. The normalized spacial score (nSPS) is 20.7. The van der Waals surface area contributed by atoms with E-state index in [4.69, 9.17) is 14.2 Å². The number of piperidine rings is 1. The van der Waals surface area contributed by atoms with Crippen molar-refractivity contribution < 1.29 is 23.8 Å². The third kappa shape index (κ3) is 7.42. The Hall–Kier alpha value is -3.96. The van der Waals surface area contributed by atoms with Crippen LogP contribution < -0.4 is 20.1 Å². The first-order valence-corrected chi connectivity index (χ1v) is 14.1. The molecule has 2 N–H and O–H groups in total. The molecule has 1 saturated heterocycles. The number of aromatic nitrogens is 3. The van der Waals surface area contributed by atoms with Crippen molar-refractivity contribution in [2.24, 2.45) is 0 Å². The van der Waals surface area contributed by atoms with E-state index in [1.807, 2.05) is 24.3 Å². The van der Waals surface area contributed by atoms with Crippen LogP contribution in [0, 0.1) is 0 Å². The second-order valence-corrected chi connectivity index (χ2v) is 10.8. The van der Waals surface area contributed by atoms with E-state index in [0.717, 1.165) is 24.4 Å². The molecule has 11 nitrogen and oxygen atoms in total. The zero-order valence-corrected chi connectivity index (χ0v) is 23.8. The fraction of sp³-hybridized carbons (Fsp3) is 0.467. The molecule has 3 heterocycles. The maximum atomic E-state index is 13.0. The van der Waals surface area contributed by atoms with Crippen LogP contribution in [0.5, 0.6) is 17.2 Å². The SMILES string of the molecule is COc1cc2cc(c1)C(=O)NCCCC(=O)N[C@H]1CN(Cc3nncn3C(C)C)CC[C@@H]1OCc1cccc(c1)O2. The maximum absolute atomic E-state index is 13.0. The van der Waals surface area contributed by atoms with Gasteiger partial charge < -0.3 is 29.4 Å². The van der Waals surface area contributed by atoms with Crippen LogP contribution in [0.25, 0.3) is 0 Å². The highest BCUT2D eigenvalue weighted by molar-refractivity contribution is 5.95. The molecule has 218 valence electrons. The molecule has 2 atom stereocenters. The number of carbonyl (C=O) groups excluding carboxylic acids is 2. The monoisotopic (exact) mass is 562 g/mol. The Kier molecular flexibility index (Phi) is 9.15. The number of methoxy groups -OCH3 is 1. The fourth-order valence-electron chi connectivity index (χ4n) is 5.24. The molecule has 0 aliphatic carbocycles. The average molecular weight is 563 g/mol. The van der Waals surface area contributed by atoms with E-state index in [-0.39, 0.29) is 30.0 Å². The predicted octanol–water partition coefficient (Wildman–Crippen LogP) is 3.46. The summed E-state index contributed by atoms with van der Waals surface area (Å²) in [6, 6.07) is 12.8. The molecule has 2 aliphatic heterocycles. The van der Waals surface area contributed by atoms with Gasteiger partial charge in [-0.3, -0.25) is 14.5 Å². The van der Waals surface area contributed by atoms with Crippen molar-refractivity contribution in [3.63, 3.8) is 0 Å². The number of nitrogens with one attached hydrogen (secondary N) is 2. The van der Waals surface area contributed by atoms with Gasteiger partial charge in [0.25, 0.3) is 5.91 Å². The van der Waals surface area contributed by atoms with Gasteiger partial charge in [-0.05, 0) is 56.5 Å². The van der Waals surface area contributed by atoms with E-state index in [2.05, 4.69) is 44.1 Å². The van der Waals surface area contributed by atoms with Gasteiger partial charge >= 0.3 is 0 Å². The topological polar surface area (TPSA) is 120 Å². The van der Waals surface area contributed by atoms with Gasteiger partial charge in [-0.15, -0.1) is 10.2 Å². The van der Waals surface area contributed by atoms with Crippen LogP contribution in [0.4, 0.5) is 0 Å². The third-order valence-corrected chi connectivity index (χ3v) is 7.39. The minimum atomic E-state index is -0.255. The summed E-state index contributed by atoms with van der Waals surface area (Å²) in [6.45, 7) is 7.05. The van der Waals surface area contributed by atoms with Gasteiger partial charge in [0.1, 0.15) is 29.4 Å². The summed E-state index contributed by atoms with van der Waals surface area (Å²) >= 11 is 0. The van der Waals surface area contributed by atoms with E-state index in [0.29, 0.717) is 61.9 Å². The highest BCUT2D eigenvalue weighted by Crippen LogP contribution is 2.29. The third-order valence-electron chi connectivity index (χ3n) is 7.39. The number of likely N-dealkylation sites (tertiary alicyclic amines) is 1. The highest BCUT2D eigenvalue weighted by Gasteiger charge is 2.32. The lowest BCUT2D eigenvalue weighted by Crippen LogP contribution is -2.55. The maximum Gasteiger partial charge on any atom is 0.251 e. The van der Waals surface area contributed by atoms with Gasteiger partial charge in [-0.25, -0.2) is 0 Å². The van der Waals surface area contributed by atoms with Gasteiger partial charge in [0.05, 0.1) is 32.4 Å². The summed E-state index contributed by atoms with van der Waals surface area (Å²) in [5.74, 6) is 2.22. The quantitative estimate of drug-likeness (QED) is 0.496. The van der Waals surface area contributed by atoms with Crippen LogP contribution in [-0.4, -0.2) is 70.4 Å². The van der Waals surface area contributed by atoms with Crippen LogP contribution in [-0.2, 0) is 22.7 Å². The number of fused-ring (bicyclic) bond motifs is 5. The molecule has 11 heteroatoms. The molecule has 2 amide bonds. The zero-order chi connectivity index (χ0) is 28.8. The van der Waals surface area contributed by atoms with Gasteiger partial charge in [-0.1, -0.05) is 12.1 Å². The smallest absolute Gasteiger partial charge is 0.251 e. The van der Waals surface area contributed by atoms with Gasteiger partial charge in [-0.2, -0.15) is 0 Å². The number of amides is 2. The van der Waals surface area contributed by atoms with Crippen molar-refractivity contribution in [3.05, 3.63) is 65.7 Å². The molecule has 2 aromatic carbocycles. The molecule has 1 aromatic heterocycles. The Morgan fingerprint density at radius 1 is 1.15 bits per heavy atom. The number of ether oxygens (including phenoxy) is 3. The zero-order valence-electron chi connectivity index (χ0n) is 23.8. The minimum absolute atomic E-state index is 0.0646. The van der Waals surface area contributed by atoms with Crippen LogP contribution in [0.15, 0.2) is 48.8 Å². The second kappa shape index (κ2) is 13.1. The molecule has 2 aliphatic rings. The lowest BCUT2D eigenvalue weighted by Gasteiger charge is -2.38. The number of rotatable bonds is 4. The van der Waals surface area contributed by atoms with E-state index in [9.17, 15) is 9.59 Å². The van der Waals surface area contributed by atoms with E-state index < -0.39 is 0 Å². The lowest BCUT2D eigenvalue weighted by molar-refractivity contribution is -0.124. The first kappa shape index (κ1) is 28.6. The fourth-order valence-corrected chi connectivity index (χ4v) is 5.24. The number of carbonyl (C=O) groups is 2. The molecular formula is C30H38N6O5. The summed E-state index contributed by atoms with van der Waals surface area (Å²) in [5.41, 5.74) is 1.37. The number of nitrogens with zero attached hydrogens (tertiary/aromatic N) is 4. The molecule has 1 fully saturated rings. The Labute approximate surface area is 240 Å². The molecule has 0 spiro atoms. The lowest BCUT2D eigenvalue weighted by atomic mass is 10.0. The van der Waals surface area contributed by atoms with Crippen molar-refractivity contribution in [2.45, 2.75) is 64.4 Å². The van der Waals surface area contributed by atoms with E-state index >= 15 is 0 Å². The van der Waals surface area contributed by atoms with E-state index in [1.54, 1.807) is 31.6 Å². The Bertz CT molecular complexity index is 1360. The second-order valence-electron chi connectivity index (χ2n) is 10.8. The van der Waals surface area contributed by atoms with Crippen LogP contribution in [0.2, 0.25) is 0 Å². The molecular weight excluding hydrogens is 524 g/mol. The van der Waals surface area contributed by atoms with Crippen LogP contribution in [0.1, 0.15) is 60.9 Å². The van der Waals surface area contributed by atoms with Crippen molar-refractivity contribution in [3.8, 4) is 17.2 Å². The number of hydrogen-bond acceptors (Lipinski definition) is 8. The van der Waals surface area contributed by atoms with Crippen molar-refractivity contribution in [1.82, 2.24) is 30.3 Å². The molecule has 0 radical (unpaired) electrons. The van der Waals surface area contributed by atoms with Crippen molar-refractivity contribution in [2.75, 3.05) is 26.7 Å². The van der Waals surface area contributed by atoms with Crippen LogP contribution >= 0.6 is 0 Å². The Balaban J connectivity index is 1.34. The molecule has 4 bridgehead atoms. The standard InChI is InChI=1S/C30H38N6O5/c1-20(2)36-19-32-34-28(36)17-35-11-9-27-26(16-35)33-29(37)8-5-10-31-30(38)22-13-24(39-3)15-25(14-22)41-23-7-4-6-21(12-23)18-40-27/h4,6-7,12-15,19-20,26-27H,5,8-11,16-18H2,1-3H3,(H,31,38)(H,33,37)/t26-,27-/m0/s1. The molecule has 0 unspecified atom stereocenters. The minimum Gasteiger partial charge on any atom is -0.497 e. The Morgan fingerprint density at radius 2 is 2.02 bits per heavy atom. The van der Waals surface area contributed by atoms with Crippen molar-refractivity contribution >= 4 is 11.8 Å². The summed E-state index contributed by atoms with van der Waals surface area (Å²) in [6.07, 6.45) is 3.17. The largest absolute Gasteiger partial charge is 0.497 e. The molecule has 5 rings (SSSR count). The van der Waals surface area contributed by atoms with Crippen LogP contribution in [0.3, 0.4) is 0 Å². The van der Waals surface area contributed by atoms with E-state index in [1.165, 1.54) is 0 Å². The first-order chi connectivity index (χ1) is 19.9. The highest BCUT2D eigenvalue weighted by atomic mass is 16.5. The molecule has 3 aromatic rings. The summed E-state index contributed by atoms with van der Waals surface area (Å²) in [4.78, 5) is 28.1. The first-order valence-electron chi connectivity index (χ1n) is 14.1. The average Bonchev–Trinajstić information content (AvgIpc) is 3.43. The Morgan fingerprint density at radius 3 is 2.85 bits per heavy atom. The van der Waals surface area contributed by atoms with Gasteiger partial charge in [0.2, 0.25) is 5.91 Å². The number of benzene rings is 2. The van der Waals surface area contributed by atoms with Crippen molar-refractivity contribution in [1.29, 1.82) is 0 Å². The van der Waals surface area contributed by atoms with Gasteiger partial charge in [0, 0.05) is 43.7 Å². The van der Waals surface area contributed by atoms with Gasteiger partial charge in [0.15, 0.2) is 0 Å². The molecule has 0 saturated carbocycles.